The number of hydrogen-bond acceptors (Lipinski definition) is 3. The fourth-order valence-corrected chi connectivity index (χ4v) is 2.89. The Hall–Kier alpha value is -3.65. The zero-order valence-corrected chi connectivity index (χ0v) is 13.4. The van der Waals surface area contributed by atoms with Crippen molar-refractivity contribution < 1.29 is 9.59 Å². The standard InChI is InChI=1S/C20H15N3O2/c1-2-15(24)10-14-9-12(3-4-13(14)11-21)16-5-6-18(20(22)25)19-17(16)7-8-23-19/h2-9,23H,1,10H2,(H2,22,25). The summed E-state index contributed by atoms with van der Waals surface area (Å²) in [5.41, 5.74) is 9.34. The number of allylic oxidation sites excluding steroid dienone is 1. The van der Waals surface area contributed by atoms with Gasteiger partial charge in [0, 0.05) is 18.0 Å². The van der Waals surface area contributed by atoms with Crippen LogP contribution in [0, 0.1) is 11.3 Å². The summed E-state index contributed by atoms with van der Waals surface area (Å²) in [6.07, 6.45) is 3.11. The fraction of sp³-hybridized carbons (Fsp3) is 0.0500. The molecule has 1 amide bonds. The van der Waals surface area contributed by atoms with Gasteiger partial charge in [0.1, 0.15) is 0 Å². The van der Waals surface area contributed by atoms with Crippen LogP contribution in [0.25, 0.3) is 22.0 Å². The van der Waals surface area contributed by atoms with E-state index in [0.717, 1.165) is 16.5 Å². The van der Waals surface area contributed by atoms with Gasteiger partial charge in [0.15, 0.2) is 5.78 Å². The summed E-state index contributed by atoms with van der Waals surface area (Å²) < 4.78 is 0. The topological polar surface area (TPSA) is 99.7 Å². The molecule has 0 saturated carbocycles. The molecule has 122 valence electrons. The Morgan fingerprint density at radius 1 is 1.24 bits per heavy atom. The number of nitrogens with zero attached hydrogens (tertiary/aromatic N) is 1. The van der Waals surface area contributed by atoms with Crippen molar-refractivity contribution in [2.75, 3.05) is 0 Å². The molecule has 0 aliphatic carbocycles. The Bertz CT molecular complexity index is 1050. The van der Waals surface area contributed by atoms with Gasteiger partial charge in [0.2, 0.25) is 0 Å². The van der Waals surface area contributed by atoms with Crippen LogP contribution in [0.3, 0.4) is 0 Å². The molecule has 0 radical (unpaired) electrons. The maximum atomic E-state index is 11.7. The lowest BCUT2D eigenvalue weighted by molar-refractivity contribution is -0.114. The van der Waals surface area contributed by atoms with Gasteiger partial charge in [-0.15, -0.1) is 0 Å². The van der Waals surface area contributed by atoms with Gasteiger partial charge in [0.25, 0.3) is 5.91 Å². The summed E-state index contributed by atoms with van der Waals surface area (Å²) in [6, 6.07) is 12.8. The molecule has 3 aromatic rings. The van der Waals surface area contributed by atoms with E-state index in [1.165, 1.54) is 6.08 Å². The normalized spacial score (nSPS) is 10.4. The number of primary amides is 1. The number of aromatic amines is 1. The highest BCUT2D eigenvalue weighted by molar-refractivity contribution is 6.09. The molecule has 2 aromatic carbocycles. The number of H-pyrrole nitrogens is 1. The zero-order valence-electron chi connectivity index (χ0n) is 13.4. The lowest BCUT2D eigenvalue weighted by Gasteiger charge is -2.09. The number of nitriles is 1. The summed E-state index contributed by atoms with van der Waals surface area (Å²) in [7, 11) is 0. The molecular formula is C20H15N3O2. The van der Waals surface area contributed by atoms with Crippen LogP contribution in [0.2, 0.25) is 0 Å². The minimum Gasteiger partial charge on any atom is -0.366 e. The highest BCUT2D eigenvalue weighted by Gasteiger charge is 2.14. The van der Waals surface area contributed by atoms with Crippen molar-refractivity contribution in [1.29, 1.82) is 5.26 Å². The summed E-state index contributed by atoms with van der Waals surface area (Å²) in [5, 5.41) is 10.1. The number of ketones is 1. The Morgan fingerprint density at radius 3 is 2.72 bits per heavy atom. The zero-order chi connectivity index (χ0) is 18.0. The molecule has 0 atom stereocenters. The Kier molecular flexibility index (Phi) is 4.19. The van der Waals surface area contributed by atoms with E-state index < -0.39 is 5.91 Å². The minimum atomic E-state index is -0.504. The van der Waals surface area contributed by atoms with Crippen LogP contribution in [0.4, 0.5) is 0 Å². The molecule has 25 heavy (non-hydrogen) atoms. The van der Waals surface area contributed by atoms with Crippen LogP contribution < -0.4 is 5.73 Å². The molecule has 3 rings (SSSR count). The molecule has 3 N–H and O–H groups in total. The first-order valence-corrected chi connectivity index (χ1v) is 7.63. The second-order valence-corrected chi connectivity index (χ2v) is 5.62. The van der Waals surface area contributed by atoms with Crippen LogP contribution in [0.1, 0.15) is 21.5 Å². The van der Waals surface area contributed by atoms with Gasteiger partial charge in [-0.3, -0.25) is 9.59 Å². The molecular weight excluding hydrogens is 314 g/mol. The van der Waals surface area contributed by atoms with Crippen molar-refractivity contribution in [2.45, 2.75) is 6.42 Å². The molecule has 1 heterocycles. The van der Waals surface area contributed by atoms with Crippen molar-refractivity contribution in [3.63, 3.8) is 0 Å². The maximum absolute atomic E-state index is 11.7. The van der Waals surface area contributed by atoms with Gasteiger partial charge in [-0.1, -0.05) is 18.7 Å². The van der Waals surface area contributed by atoms with E-state index >= 15 is 0 Å². The van der Waals surface area contributed by atoms with E-state index in [1.807, 2.05) is 24.3 Å². The van der Waals surface area contributed by atoms with E-state index in [9.17, 15) is 14.9 Å². The van der Waals surface area contributed by atoms with Crippen LogP contribution >= 0.6 is 0 Å². The molecule has 0 unspecified atom stereocenters. The molecule has 5 heteroatoms. The second kappa shape index (κ2) is 6.46. The third kappa shape index (κ3) is 2.93. The molecule has 0 bridgehead atoms. The summed E-state index contributed by atoms with van der Waals surface area (Å²) in [4.78, 5) is 26.3. The number of nitrogens with one attached hydrogen (secondary N) is 1. The third-order valence-corrected chi connectivity index (χ3v) is 4.12. The van der Waals surface area contributed by atoms with E-state index in [0.29, 0.717) is 22.2 Å². The molecule has 0 fully saturated rings. The number of nitrogens with two attached hydrogens (primary N) is 1. The van der Waals surface area contributed by atoms with E-state index in [4.69, 9.17) is 5.73 Å². The van der Waals surface area contributed by atoms with Crippen LogP contribution in [-0.4, -0.2) is 16.7 Å². The smallest absolute Gasteiger partial charge is 0.250 e. The van der Waals surface area contributed by atoms with Gasteiger partial charge in [-0.25, -0.2) is 0 Å². The van der Waals surface area contributed by atoms with Gasteiger partial charge >= 0.3 is 0 Å². The Balaban J connectivity index is 2.17. The van der Waals surface area contributed by atoms with Crippen molar-refractivity contribution in [3.05, 3.63) is 71.9 Å². The molecule has 1 aromatic heterocycles. The second-order valence-electron chi connectivity index (χ2n) is 5.62. The Labute approximate surface area is 144 Å². The SMILES string of the molecule is C=CC(=O)Cc1cc(-c2ccc(C(N)=O)c3[nH]ccc23)ccc1C#N. The number of carbonyl (C=O) groups excluding carboxylic acids is 2. The average Bonchev–Trinajstić information content (AvgIpc) is 3.10. The lowest BCUT2D eigenvalue weighted by atomic mass is 9.94. The summed E-state index contributed by atoms with van der Waals surface area (Å²) >= 11 is 0. The van der Waals surface area contributed by atoms with Gasteiger partial charge in [-0.05, 0) is 47.0 Å². The van der Waals surface area contributed by atoms with Gasteiger partial charge in [-0.2, -0.15) is 5.26 Å². The average molecular weight is 329 g/mol. The largest absolute Gasteiger partial charge is 0.366 e. The summed E-state index contributed by atoms with van der Waals surface area (Å²) in [6.45, 7) is 3.47. The first-order valence-electron chi connectivity index (χ1n) is 7.63. The van der Waals surface area contributed by atoms with Crippen molar-refractivity contribution in [3.8, 4) is 17.2 Å². The predicted molar refractivity (Wildman–Crippen MR) is 95.9 cm³/mol. The minimum absolute atomic E-state index is 0.121. The molecule has 0 aliphatic heterocycles. The van der Waals surface area contributed by atoms with E-state index in [2.05, 4.69) is 17.6 Å². The number of carbonyl (C=O) groups is 2. The predicted octanol–water partition coefficient (Wildman–Crippen LogP) is 3.10. The third-order valence-electron chi connectivity index (χ3n) is 4.12. The maximum Gasteiger partial charge on any atom is 0.250 e. The Morgan fingerprint density at radius 2 is 2.04 bits per heavy atom. The van der Waals surface area contributed by atoms with Gasteiger partial charge in [0.05, 0.1) is 22.7 Å². The molecule has 0 spiro atoms. The molecule has 5 nitrogen and oxygen atoms in total. The first kappa shape index (κ1) is 16.2. The number of hydrogen-bond donors (Lipinski definition) is 2. The molecule has 0 aliphatic rings. The first-order chi connectivity index (χ1) is 12.0. The van der Waals surface area contributed by atoms with E-state index in [-0.39, 0.29) is 12.2 Å². The van der Waals surface area contributed by atoms with E-state index in [1.54, 1.807) is 18.3 Å². The monoisotopic (exact) mass is 329 g/mol. The van der Waals surface area contributed by atoms with Gasteiger partial charge < -0.3 is 10.7 Å². The number of amides is 1. The molecule has 0 saturated heterocycles. The number of benzene rings is 2. The number of rotatable bonds is 5. The quantitative estimate of drug-likeness (QED) is 0.703. The number of fused-ring (bicyclic) bond motifs is 1. The van der Waals surface area contributed by atoms with Crippen LogP contribution in [0.15, 0.2) is 55.3 Å². The fourth-order valence-electron chi connectivity index (χ4n) is 2.89. The van der Waals surface area contributed by atoms with Crippen molar-refractivity contribution in [2.24, 2.45) is 5.73 Å². The van der Waals surface area contributed by atoms with Crippen LogP contribution in [-0.2, 0) is 11.2 Å². The van der Waals surface area contributed by atoms with Crippen LogP contribution in [0.5, 0.6) is 0 Å². The number of aromatic nitrogens is 1. The summed E-state index contributed by atoms with van der Waals surface area (Å²) in [5.74, 6) is -0.652. The highest BCUT2D eigenvalue weighted by atomic mass is 16.1. The van der Waals surface area contributed by atoms with Crippen molar-refractivity contribution in [1.82, 2.24) is 4.98 Å². The highest BCUT2D eigenvalue weighted by Crippen LogP contribution is 2.31. The lowest BCUT2D eigenvalue weighted by Crippen LogP contribution is -2.11. The van der Waals surface area contributed by atoms with Crippen molar-refractivity contribution >= 4 is 22.6 Å².